The Labute approximate surface area is 186 Å². The third-order valence-electron chi connectivity index (χ3n) is 3.33. The molecular weight excluding hydrogens is 557 g/mol. The van der Waals surface area contributed by atoms with E-state index in [1.165, 1.54) is 5.39 Å². The molecule has 0 radical (unpaired) electrons. The summed E-state index contributed by atoms with van der Waals surface area (Å²) in [5.41, 5.74) is 2.05. The van der Waals surface area contributed by atoms with Gasteiger partial charge < -0.3 is 35.5 Å². The van der Waals surface area contributed by atoms with E-state index in [1.807, 2.05) is 24.5 Å². The Morgan fingerprint density at radius 3 is 1.28 bits per heavy atom. The molecule has 0 spiro atoms. The Bertz CT molecular complexity index is 987. The van der Waals surface area contributed by atoms with Crippen molar-refractivity contribution in [1.29, 1.82) is 15.8 Å². The molecule has 146 valence electrons. The molecule has 0 aliphatic heterocycles. The summed E-state index contributed by atoms with van der Waals surface area (Å²) in [5.74, 6) is 0. The first-order chi connectivity index (χ1) is 13.7. The van der Waals surface area contributed by atoms with Crippen LogP contribution in [0.5, 0.6) is 0 Å². The van der Waals surface area contributed by atoms with E-state index in [0.29, 0.717) is 0 Å². The second-order valence-electron chi connectivity index (χ2n) is 5.88. The Hall–Kier alpha value is -2.93. The normalized spacial score (nSPS) is 8.48. The summed E-state index contributed by atoms with van der Waals surface area (Å²) in [6.45, 7) is 21.1. The van der Waals surface area contributed by atoms with Crippen LogP contribution in [0.25, 0.3) is 32.6 Å². The summed E-state index contributed by atoms with van der Waals surface area (Å²) >= 11 is 0. The van der Waals surface area contributed by atoms with Crippen molar-refractivity contribution in [3.05, 3.63) is 80.6 Å². The van der Waals surface area contributed by atoms with Crippen LogP contribution in [-0.4, -0.2) is 30.0 Å². The molecule has 0 saturated carbocycles. The number of aromatic nitrogens is 2. The molecule has 4 aromatic rings. The predicted octanol–water partition coefficient (Wildman–Crippen LogP) is 5.31. The molecule has 7 heteroatoms. The molecule has 0 atom stereocenters. The van der Waals surface area contributed by atoms with Crippen LogP contribution in [0.2, 0.25) is 0 Å². The Kier molecular flexibility index (Phi) is 15.7. The van der Waals surface area contributed by atoms with E-state index < -0.39 is 0 Å². The van der Waals surface area contributed by atoms with Crippen LogP contribution in [0.1, 0.15) is 0 Å². The van der Waals surface area contributed by atoms with Crippen molar-refractivity contribution in [3.8, 4) is 0 Å². The number of benzene rings is 2. The Morgan fingerprint density at radius 1 is 0.621 bits per heavy atom. The molecule has 2 aromatic carbocycles. The summed E-state index contributed by atoms with van der Waals surface area (Å²) < 4.78 is 0. The largest absolute Gasteiger partial charge is 3.00 e. The van der Waals surface area contributed by atoms with Gasteiger partial charge in [0, 0.05) is 48.5 Å². The predicted molar refractivity (Wildman–Crippen MR) is 116 cm³/mol. The number of hydrogen-bond donors (Lipinski definition) is 0. The first-order valence-corrected chi connectivity index (χ1v) is 11.1. The van der Waals surface area contributed by atoms with Gasteiger partial charge in [0.25, 0.3) is 0 Å². The van der Waals surface area contributed by atoms with E-state index in [4.69, 9.17) is 35.5 Å². The van der Waals surface area contributed by atoms with Gasteiger partial charge in [-0.25, -0.2) is 0 Å². The van der Waals surface area contributed by atoms with Crippen molar-refractivity contribution in [2.45, 2.75) is 0 Å². The molecule has 2 heterocycles. The fourth-order valence-corrected chi connectivity index (χ4v) is 2.49. The second-order valence-corrected chi connectivity index (χ2v) is 8.88. The van der Waals surface area contributed by atoms with Gasteiger partial charge in [0.1, 0.15) is 0 Å². The van der Waals surface area contributed by atoms with E-state index in [-0.39, 0.29) is 28.0 Å². The standard InChI is InChI=1S/C16H10N2.C3H9P.3CN.Ir/c1-3-12-7-5-11-6-8-13-4-2-10-18-16(13)14(11)15(12)17-9-1;1-4(2)3;3*1-2;/h1-10H;1-3H3;;;;/q;;3*-1;+3/p+1. The quantitative estimate of drug-likeness (QED) is 0.160. The third-order valence-corrected chi connectivity index (χ3v) is 3.33. The SMILES string of the molecule is C[PH+](C)C.[C-]#N.[C-]#N.[C-]#N.[Ir+3].c1cnc2c(c1)ccc1ccc3cccnc3c12. The smallest absolute Gasteiger partial charge is 0.512 e. The second kappa shape index (κ2) is 16.1. The van der Waals surface area contributed by atoms with E-state index in [9.17, 15) is 0 Å². The van der Waals surface area contributed by atoms with Gasteiger partial charge in [-0.05, 0) is 25.4 Å². The summed E-state index contributed by atoms with van der Waals surface area (Å²) in [4.78, 5) is 9.04. The third kappa shape index (κ3) is 7.91. The zero-order chi connectivity index (χ0) is 21.5. The van der Waals surface area contributed by atoms with Gasteiger partial charge in [0.05, 0.1) is 11.0 Å². The Balaban J connectivity index is 0. The van der Waals surface area contributed by atoms with Gasteiger partial charge in [0.2, 0.25) is 0 Å². The molecule has 4 rings (SSSR count). The average Bonchev–Trinajstić information content (AvgIpc) is 2.77. The minimum absolute atomic E-state index is 0. The molecule has 0 saturated heterocycles. The number of nitrogens with zero attached hydrogens (tertiary/aromatic N) is 5. The first-order valence-electron chi connectivity index (χ1n) is 8.12. The summed E-state index contributed by atoms with van der Waals surface area (Å²) in [6.07, 6.45) is 3.67. The van der Waals surface area contributed by atoms with Gasteiger partial charge in [-0.3, -0.25) is 9.97 Å². The van der Waals surface area contributed by atoms with E-state index >= 15 is 0 Å². The molecule has 0 N–H and O–H groups in total. The molecule has 2 aromatic heterocycles. The fraction of sp³-hybridized carbons (Fsp3) is 0.136. The maximum atomic E-state index is 6.25. The molecular formula is C22H20IrN5P+. The van der Waals surface area contributed by atoms with Crippen molar-refractivity contribution in [1.82, 2.24) is 9.97 Å². The molecule has 0 unspecified atom stereocenters. The van der Waals surface area contributed by atoms with Gasteiger partial charge in [-0.2, -0.15) is 0 Å². The average molecular weight is 578 g/mol. The van der Waals surface area contributed by atoms with E-state index in [2.05, 4.69) is 66.4 Å². The van der Waals surface area contributed by atoms with Crippen LogP contribution in [-0.2, 0) is 20.1 Å². The number of hydrogen-bond acceptors (Lipinski definition) is 5. The number of fused-ring (bicyclic) bond motifs is 5. The Morgan fingerprint density at radius 2 is 0.931 bits per heavy atom. The maximum absolute atomic E-state index is 6.25. The van der Waals surface area contributed by atoms with Crippen molar-refractivity contribution >= 4 is 40.5 Å². The molecule has 0 fully saturated rings. The van der Waals surface area contributed by atoms with Gasteiger partial charge >= 0.3 is 20.1 Å². The molecule has 0 amide bonds. The monoisotopic (exact) mass is 578 g/mol. The molecule has 0 aliphatic rings. The van der Waals surface area contributed by atoms with Crippen LogP contribution >= 0.6 is 7.92 Å². The van der Waals surface area contributed by atoms with Gasteiger partial charge in [-0.1, -0.05) is 36.4 Å². The summed E-state index contributed by atoms with van der Waals surface area (Å²) in [7, 11) is 0.120. The van der Waals surface area contributed by atoms with Crippen LogP contribution in [0.4, 0.5) is 0 Å². The van der Waals surface area contributed by atoms with Crippen molar-refractivity contribution in [2.75, 3.05) is 20.0 Å². The summed E-state index contributed by atoms with van der Waals surface area (Å²) in [6, 6.07) is 16.6. The minimum Gasteiger partial charge on any atom is -0.512 e. The van der Waals surface area contributed by atoms with E-state index in [1.54, 1.807) is 0 Å². The van der Waals surface area contributed by atoms with Crippen LogP contribution < -0.4 is 0 Å². The molecule has 0 bridgehead atoms. The maximum Gasteiger partial charge on any atom is 3.00 e. The molecule has 5 nitrogen and oxygen atoms in total. The van der Waals surface area contributed by atoms with Crippen molar-refractivity contribution in [3.63, 3.8) is 0 Å². The number of pyridine rings is 2. The van der Waals surface area contributed by atoms with Crippen molar-refractivity contribution in [2.24, 2.45) is 0 Å². The number of rotatable bonds is 0. The first kappa shape index (κ1) is 28.3. The van der Waals surface area contributed by atoms with Crippen LogP contribution in [0, 0.1) is 35.5 Å². The molecule has 29 heavy (non-hydrogen) atoms. The van der Waals surface area contributed by atoms with Crippen LogP contribution in [0.15, 0.2) is 60.9 Å². The fourth-order valence-electron chi connectivity index (χ4n) is 2.49. The summed E-state index contributed by atoms with van der Waals surface area (Å²) in [5, 5.41) is 23.4. The topological polar surface area (TPSA) is 97.2 Å². The van der Waals surface area contributed by atoms with Crippen LogP contribution in [0.3, 0.4) is 0 Å². The zero-order valence-electron chi connectivity index (χ0n) is 16.3. The zero-order valence-corrected chi connectivity index (χ0v) is 19.7. The van der Waals surface area contributed by atoms with E-state index in [0.717, 1.165) is 27.2 Å². The van der Waals surface area contributed by atoms with Gasteiger partial charge in [-0.15, -0.1) is 0 Å². The molecule has 0 aliphatic carbocycles. The minimum atomic E-state index is 0. The van der Waals surface area contributed by atoms with Crippen molar-refractivity contribution < 1.29 is 20.1 Å². The van der Waals surface area contributed by atoms with Gasteiger partial charge in [0.15, 0.2) is 0 Å².